The van der Waals surface area contributed by atoms with Crippen LogP contribution < -0.4 is 0 Å². The molecule has 8 nitrogen and oxygen atoms in total. The molecular weight excluding hydrogens is 328 g/mol. The number of ether oxygens (including phenoxy) is 2. The van der Waals surface area contributed by atoms with Gasteiger partial charge >= 0.3 is 5.97 Å². The summed E-state index contributed by atoms with van der Waals surface area (Å²) < 4.78 is 10.2. The van der Waals surface area contributed by atoms with Crippen molar-refractivity contribution in [3.63, 3.8) is 0 Å². The fourth-order valence-electron chi connectivity index (χ4n) is 2.92. The van der Waals surface area contributed by atoms with Gasteiger partial charge in [0.25, 0.3) is 11.8 Å². The van der Waals surface area contributed by atoms with Gasteiger partial charge in [-0.25, -0.2) is 0 Å². The summed E-state index contributed by atoms with van der Waals surface area (Å²) in [5.41, 5.74) is 0.717. The van der Waals surface area contributed by atoms with Gasteiger partial charge in [-0.05, 0) is 12.1 Å². The first-order valence-corrected chi connectivity index (χ1v) is 8.11. The number of imide groups is 1. The van der Waals surface area contributed by atoms with Gasteiger partial charge in [-0.15, -0.1) is 5.06 Å². The minimum absolute atomic E-state index is 0.191. The Bertz CT molecular complexity index is 642. The number of carbonyl (C=O) groups excluding carboxylic acids is 3. The molecule has 1 atom stereocenters. The van der Waals surface area contributed by atoms with Crippen molar-refractivity contribution in [2.45, 2.75) is 12.5 Å². The van der Waals surface area contributed by atoms with Gasteiger partial charge < -0.3 is 9.47 Å². The smallest absolute Gasteiger partial charge is 0.308 e. The molecule has 0 saturated carbocycles. The summed E-state index contributed by atoms with van der Waals surface area (Å²) in [7, 11) is 1.35. The van der Waals surface area contributed by atoms with Crippen molar-refractivity contribution in [1.82, 2.24) is 9.96 Å². The molecule has 1 fully saturated rings. The number of hydroxylamine groups is 2. The van der Waals surface area contributed by atoms with Crippen molar-refractivity contribution in [3.05, 3.63) is 35.4 Å². The fraction of sp³-hybridized carbons (Fsp3) is 0.471. The monoisotopic (exact) mass is 348 g/mol. The maximum absolute atomic E-state index is 12.2. The topological polar surface area (TPSA) is 85.4 Å². The lowest BCUT2D eigenvalue weighted by Crippen LogP contribution is -2.45. The van der Waals surface area contributed by atoms with Gasteiger partial charge in [0.05, 0.1) is 44.0 Å². The molecule has 1 saturated heterocycles. The highest BCUT2D eigenvalue weighted by Crippen LogP contribution is 2.22. The van der Waals surface area contributed by atoms with Crippen LogP contribution in [0.15, 0.2) is 24.3 Å². The van der Waals surface area contributed by atoms with Crippen LogP contribution in [-0.4, -0.2) is 73.8 Å². The highest BCUT2D eigenvalue weighted by Gasteiger charge is 2.36. The average Bonchev–Trinajstić information content (AvgIpc) is 2.87. The molecule has 0 spiro atoms. The number of benzene rings is 1. The van der Waals surface area contributed by atoms with Crippen LogP contribution in [0.5, 0.6) is 0 Å². The molecule has 2 aliphatic rings. The van der Waals surface area contributed by atoms with E-state index in [1.165, 1.54) is 7.11 Å². The molecule has 134 valence electrons. The first-order chi connectivity index (χ1) is 12.1. The van der Waals surface area contributed by atoms with Gasteiger partial charge in [-0.2, -0.15) is 0 Å². The molecule has 0 aromatic heterocycles. The van der Waals surface area contributed by atoms with Crippen LogP contribution in [0.2, 0.25) is 0 Å². The molecule has 3 rings (SSSR count). The molecule has 2 aliphatic heterocycles. The quantitative estimate of drug-likeness (QED) is 0.546. The molecule has 1 aromatic rings. The van der Waals surface area contributed by atoms with Crippen LogP contribution in [-0.2, 0) is 19.1 Å². The number of rotatable bonds is 6. The molecule has 8 heteroatoms. The maximum atomic E-state index is 12.2. The van der Waals surface area contributed by atoms with Crippen molar-refractivity contribution >= 4 is 17.8 Å². The second-order valence-electron chi connectivity index (χ2n) is 5.86. The van der Waals surface area contributed by atoms with E-state index in [4.69, 9.17) is 9.57 Å². The standard InChI is InChI=1S/C17H20N2O6/c1-23-15(20)10-12-11-18(6-8-24-12)7-9-25-19-16(21)13-4-2-3-5-14(13)17(19)22/h2-5,12H,6-11H2,1H3/t12-/m0/s1. The van der Waals surface area contributed by atoms with Gasteiger partial charge in [0.1, 0.15) is 0 Å². The van der Waals surface area contributed by atoms with Gasteiger partial charge in [0, 0.05) is 19.6 Å². The number of morpholine rings is 1. The Morgan fingerprint density at radius 3 is 2.56 bits per heavy atom. The zero-order valence-electron chi connectivity index (χ0n) is 14.0. The van der Waals surface area contributed by atoms with Crippen LogP contribution in [0.3, 0.4) is 0 Å². The summed E-state index contributed by atoms with van der Waals surface area (Å²) in [5, 5.41) is 0.817. The number of amides is 2. The van der Waals surface area contributed by atoms with E-state index in [1.54, 1.807) is 24.3 Å². The molecule has 0 aliphatic carbocycles. The van der Waals surface area contributed by atoms with Crippen LogP contribution >= 0.6 is 0 Å². The summed E-state index contributed by atoms with van der Waals surface area (Å²) >= 11 is 0. The normalized spacial score (nSPS) is 20.7. The van der Waals surface area contributed by atoms with E-state index in [-0.39, 0.29) is 25.1 Å². The number of methoxy groups -OCH3 is 1. The van der Waals surface area contributed by atoms with E-state index >= 15 is 0 Å². The predicted molar refractivity (Wildman–Crippen MR) is 85.7 cm³/mol. The van der Waals surface area contributed by atoms with E-state index in [9.17, 15) is 14.4 Å². The second-order valence-corrected chi connectivity index (χ2v) is 5.86. The number of esters is 1. The lowest BCUT2D eigenvalue weighted by atomic mass is 10.1. The number of hydrogen-bond acceptors (Lipinski definition) is 7. The van der Waals surface area contributed by atoms with Gasteiger partial charge in [0.15, 0.2) is 0 Å². The Morgan fingerprint density at radius 2 is 1.92 bits per heavy atom. The Morgan fingerprint density at radius 1 is 1.24 bits per heavy atom. The average molecular weight is 348 g/mol. The maximum Gasteiger partial charge on any atom is 0.308 e. The molecule has 0 N–H and O–H groups in total. The van der Waals surface area contributed by atoms with Crippen molar-refractivity contribution in [2.24, 2.45) is 0 Å². The molecule has 0 unspecified atom stereocenters. The highest BCUT2D eigenvalue weighted by atomic mass is 16.7. The molecule has 2 amide bonds. The summed E-state index contributed by atoms with van der Waals surface area (Å²) in [4.78, 5) is 43.2. The third-order valence-corrected chi connectivity index (χ3v) is 4.23. The fourth-order valence-corrected chi connectivity index (χ4v) is 2.92. The molecule has 0 radical (unpaired) electrons. The number of carbonyl (C=O) groups is 3. The molecule has 1 aromatic carbocycles. The second kappa shape index (κ2) is 7.73. The molecule has 2 heterocycles. The van der Waals surface area contributed by atoms with Crippen LogP contribution in [0.25, 0.3) is 0 Å². The summed E-state index contributed by atoms with van der Waals surface area (Å²) in [6, 6.07) is 6.64. The van der Waals surface area contributed by atoms with Crippen molar-refractivity contribution in [3.8, 4) is 0 Å². The third-order valence-electron chi connectivity index (χ3n) is 4.23. The number of hydrogen-bond donors (Lipinski definition) is 0. The first kappa shape index (κ1) is 17.5. The van der Waals surface area contributed by atoms with E-state index in [0.29, 0.717) is 37.4 Å². The van der Waals surface area contributed by atoms with Crippen LogP contribution in [0.4, 0.5) is 0 Å². The Kier molecular flexibility index (Phi) is 5.42. The minimum Gasteiger partial charge on any atom is -0.469 e. The van der Waals surface area contributed by atoms with Crippen molar-refractivity contribution in [2.75, 3.05) is 40.0 Å². The first-order valence-electron chi connectivity index (χ1n) is 8.11. The predicted octanol–water partition coefficient (Wildman–Crippen LogP) is 0.478. The van der Waals surface area contributed by atoms with Crippen LogP contribution in [0, 0.1) is 0 Å². The highest BCUT2D eigenvalue weighted by molar-refractivity contribution is 6.20. The van der Waals surface area contributed by atoms with E-state index in [1.807, 2.05) is 0 Å². The Hall–Kier alpha value is -2.29. The number of nitrogens with zero attached hydrogens (tertiary/aromatic N) is 2. The summed E-state index contributed by atoms with van der Waals surface area (Å²) in [5.74, 6) is -1.19. The zero-order valence-corrected chi connectivity index (χ0v) is 14.0. The Labute approximate surface area is 145 Å². The van der Waals surface area contributed by atoms with Gasteiger partial charge in [-0.1, -0.05) is 12.1 Å². The van der Waals surface area contributed by atoms with Crippen molar-refractivity contribution in [1.29, 1.82) is 0 Å². The SMILES string of the molecule is COC(=O)C[C@H]1CN(CCON2C(=O)c3ccccc3C2=O)CCO1. The van der Waals surface area contributed by atoms with E-state index in [0.717, 1.165) is 5.06 Å². The van der Waals surface area contributed by atoms with E-state index < -0.39 is 11.8 Å². The summed E-state index contributed by atoms with van der Waals surface area (Å²) in [6.45, 7) is 2.49. The lowest BCUT2D eigenvalue weighted by molar-refractivity contribution is -0.146. The zero-order chi connectivity index (χ0) is 17.8. The lowest BCUT2D eigenvalue weighted by Gasteiger charge is -2.32. The minimum atomic E-state index is -0.439. The van der Waals surface area contributed by atoms with Crippen LogP contribution in [0.1, 0.15) is 27.1 Å². The molecular formula is C17H20N2O6. The molecule has 25 heavy (non-hydrogen) atoms. The Balaban J connectivity index is 1.48. The van der Waals surface area contributed by atoms with Gasteiger partial charge in [-0.3, -0.25) is 24.1 Å². The van der Waals surface area contributed by atoms with Gasteiger partial charge in [0.2, 0.25) is 0 Å². The summed E-state index contributed by atoms with van der Waals surface area (Å²) in [6.07, 6.45) is -0.0211. The third kappa shape index (κ3) is 3.87. The largest absolute Gasteiger partial charge is 0.469 e. The molecule has 0 bridgehead atoms. The number of fused-ring (bicyclic) bond motifs is 1. The van der Waals surface area contributed by atoms with Crippen molar-refractivity contribution < 1.29 is 28.7 Å². The van der Waals surface area contributed by atoms with E-state index in [2.05, 4.69) is 9.64 Å².